The summed E-state index contributed by atoms with van der Waals surface area (Å²) in [7, 11) is -6.04. The van der Waals surface area contributed by atoms with Crippen LogP contribution < -0.4 is 0 Å². The maximum Gasteiger partial charge on any atom is 0.465 e. The molecule has 0 aromatic carbocycles. The molecule has 300 valence electrons. The molecule has 14 heteroatoms. The average Bonchev–Trinajstić information content (AvgIpc) is 3.47. The first-order valence-electron chi connectivity index (χ1n) is 19.9. The van der Waals surface area contributed by atoms with Crippen LogP contribution in [0.1, 0.15) is 136 Å². The molecule has 4 bridgehead atoms. The van der Waals surface area contributed by atoms with Gasteiger partial charge in [0.15, 0.2) is 5.79 Å². The van der Waals surface area contributed by atoms with E-state index in [0.717, 1.165) is 64.2 Å². The van der Waals surface area contributed by atoms with Crippen molar-refractivity contribution in [1.29, 1.82) is 0 Å². The summed E-state index contributed by atoms with van der Waals surface area (Å²) in [5.74, 6) is -3.69. The predicted octanol–water partition coefficient (Wildman–Crippen LogP) is 7.46. The van der Waals surface area contributed by atoms with Crippen LogP contribution in [0.3, 0.4) is 0 Å². The van der Waals surface area contributed by atoms with Gasteiger partial charge in [-0.1, -0.05) is 58.1 Å². The van der Waals surface area contributed by atoms with Gasteiger partial charge in [-0.2, -0.15) is 17.2 Å². The molecule has 53 heavy (non-hydrogen) atoms. The molecular formula is C39H58F2O11S. The van der Waals surface area contributed by atoms with Gasteiger partial charge in [-0.05, 0) is 101 Å². The predicted molar refractivity (Wildman–Crippen MR) is 188 cm³/mol. The van der Waals surface area contributed by atoms with Gasteiger partial charge >= 0.3 is 33.3 Å². The molecule has 6 fully saturated rings. The van der Waals surface area contributed by atoms with Crippen molar-refractivity contribution < 1.29 is 59.8 Å². The number of hydrogen-bond donors (Lipinski definition) is 1. The Kier molecular flexibility index (Phi) is 12.0. The second-order valence-corrected chi connectivity index (χ2v) is 18.8. The van der Waals surface area contributed by atoms with Crippen LogP contribution in [0.25, 0.3) is 0 Å². The number of esters is 3. The van der Waals surface area contributed by atoms with Crippen molar-refractivity contribution in [1.82, 2.24) is 0 Å². The fourth-order valence-corrected chi connectivity index (χ4v) is 11.3. The van der Waals surface area contributed by atoms with Crippen LogP contribution in [-0.2, 0) is 48.2 Å². The molecule has 10 atom stereocenters. The van der Waals surface area contributed by atoms with Crippen LogP contribution in [-0.4, -0.2) is 72.9 Å². The highest BCUT2D eigenvalue weighted by molar-refractivity contribution is 7.87. The second-order valence-electron chi connectivity index (χ2n) is 17.4. The van der Waals surface area contributed by atoms with Crippen LogP contribution in [0.4, 0.5) is 8.78 Å². The van der Waals surface area contributed by atoms with Crippen molar-refractivity contribution in [2.45, 2.75) is 165 Å². The summed E-state index contributed by atoms with van der Waals surface area (Å²) in [6.45, 7) is 5.89. The van der Waals surface area contributed by atoms with Crippen molar-refractivity contribution in [2.75, 3.05) is 13.2 Å². The number of rotatable bonds is 12. The maximum absolute atomic E-state index is 14.3. The van der Waals surface area contributed by atoms with Crippen molar-refractivity contribution in [3.05, 3.63) is 11.6 Å². The summed E-state index contributed by atoms with van der Waals surface area (Å²) >= 11 is 0. The Morgan fingerprint density at radius 2 is 1.68 bits per heavy atom. The van der Waals surface area contributed by atoms with Crippen LogP contribution in [0, 0.1) is 35.0 Å². The summed E-state index contributed by atoms with van der Waals surface area (Å²) in [5, 5.41) is -5.12. The van der Waals surface area contributed by atoms with Gasteiger partial charge in [-0.15, -0.1) is 0 Å². The zero-order chi connectivity index (χ0) is 38.2. The molecule has 0 amide bonds. The molecule has 6 rings (SSSR count). The van der Waals surface area contributed by atoms with Crippen molar-refractivity contribution in [3.63, 3.8) is 0 Å². The summed E-state index contributed by atoms with van der Waals surface area (Å²) in [4.78, 5) is 39.3. The third-order valence-electron chi connectivity index (χ3n) is 13.3. The number of ether oxygens (including phenoxy) is 5. The van der Waals surface area contributed by atoms with Gasteiger partial charge < -0.3 is 23.7 Å². The van der Waals surface area contributed by atoms with Crippen LogP contribution in [0.5, 0.6) is 0 Å². The van der Waals surface area contributed by atoms with Crippen molar-refractivity contribution in [2.24, 2.45) is 35.0 Å². The van der Waals surface area contributed by atoms with Gasteiger partial charge in [0.05, 0.1) is 11.8 Å². The van der Waals surface area contributed by atoms with E-state index in [9.17, 15) is 31.6 Å². The van der Waals surface area contributed by atoms with E-state index in [4.69, 9.17) is 28.2 Å². The average molecular weight is 773 g/mol. The lowest BCUT2D eigenvalue weighted by atomic mass is 9.59. The van der Waals surface area contributed by atoms with Gasteiger partial charge in [0, 0.05) is 11.8 Å². The molecule has 1 N–H and O–H groups in total. The quantitative estimate of drug-likeness (QED) is 0.0911. The number of alkyl halides is 2. The monoisotopic (exact) mass is 772 g/mol. The summed E-state index contributed by atoms with van der Waals surface area (Å²) in [6.07, 6.45) is 14.0. The molecule has 0 aromatic heterocycles. The van der Waals surface area contributed by atoms with Gasteiger partial charge in [0.25, 0.3) is 0 Å². The molecular weight excluding hydrogens is 714 g/mol. The summed E-state index contributed by atoms with van der Waals surface area (Å²) in [5.41, 5.74) is -0.670. The van der Waals surface area contributed by atoms with Crippen LogP contribution in [0.2, 0.25) is 0 Å². The van der Waals surface area contributed by atoms with Gasteiger partial charge in [0.1, 0.15) is 31.0 Å². The summed E-state index contributed by atoms with van der Waals surface area (Å²) in [6, 6.07) is 0. The minimum atomic E-state index is -6.04. The molecule has 1 aliphatic heterocycles. The molecule has 1 heterocycles. The standard InChI is InChI=1S/C39H58F2O11S/c1-4-8-27-9-5-10-28(18-27)13-14-33(42)48-23-31-32(24-49-34(43)36-15-6-11-29(21-36)17-25(2)19-36)51-38(50-31)26(3)20-37(16-7-12-30(38)22-37)52-35(44)39(40,41)53(45,46)47/h13,25-27,29-32H,4-12,14-24H2,1-3H3,(H,45,46,47)/b28-13-. The molecule has 0 aromatic rings. The smallest absolute Gasteiger partial charge is 0.463 e. The van der Waals surface area contributed by atoms with E-state index < -0.39 is 68.2 Å². The van der Waals surface area contributed by atoms with E-state index in [2.05, 4.69) is 13.8 Å². The molecule has 0 radical (unpaired) electrons. The largest absolute Gasteiger partial charge is 0.465 e. The second kappa shape index (κ2) is 15.8. The molecule has 5 saturated carbocycles. The lowest BCUT2D eigenvalue weighted by Crippen LogP contribution is -2.60. The lowest BCUT2D eigenvalue weighted by Gasteiger charge is -2.54. The number of allylic oxidation sites excluding steroid dienone is 1. The van der Waals surface area contributed by atoms with Crippen molar-refractivity contribution in [3.8, 4) is 0 Å². The highest BCUT2D eigenvalue weighted by atomic mass is 32.2. The van der Waals surface area contributed by atoms with E-state index in [1.807, 2.05) is 6.08 Å². The third kappa shape index (κ3) is 8.50. The molecule has 1 spiro atoms. The molecule has 1 saturated heterocycles. The van der Waals surface area contributed by atoms with Crippen LogP contribution in [0.15, 0.2) is 11.6 Å². The minimum Gasteiger partial charge on any atom is -0.463 e. The van der Waals surface area contributed by atoms with Gasteiger partial charge in [0.2, 0.25) is 0 Å². The molecule has 5 aliphatic carbocycles. The Labute approximate surface area is 312 Å². The highest BCUT2D eigenvalue weighted by Gasteiger charge is 2.65. The van der Waals surface area contributed by atoms with Gasteiger partial charge in [-0.3, -0.25) is 14.1 Å². The van der Waals surface area contributed by atoms with E-state index in [1.54, 1.807) is 6.92 Å². The Balaban J connectivity index is 1.16. The number of halogens is 2. The fourth-order valence-electron chi connectivity index (χ4n) is 11.1. The normalized spacial score (nSPS) is 39.4. The molecule has 10 unspecified atom stereocenters. The number of carbonyl (C=O) groups excluding carboxylic acids is 3. The zero-order valence-corrected chi connectivity index (χ0v) is 32.3. The van der Waals surface area contributed by atoms with E-state index in [-0.39, 0.29) is 44.9 Å². The van der Waals surface area contributed by atoms with Crippen molar-refractivity contribution >= 4 is 28.0 Å². The Hall–Kier alpha value is -2.16. The number of carbonyl (C=O) groups is 3. The fraction of sp³-hybridized carbons (Fsp3) is 0.872. The Morgan fingerprint density at radius 1 is 0.962 bits per heavy atom. The minimum absolute atomic E-state index is 0.0186. The highest BCUT2D eigenvalue weighted by Crippen LogP contribution is 2.58. The third-order valence-corrected chi connectivity index (χ3v) is 14.1. The van der Waals surface area contributed by atoms with Crippen LogP contribution >= 0.6 is 0 Å². The maximum atomic E-state index is 14.3. The van der Waals surface area contributed by atoms with Gasteiger partial charge in [-0.25, -0.2) is 4.79 Å². The number of fused-ring (bicyclic) bond motifs is 5. The SMILES string of the molecule is CCCC1CCC/C(=C/CC(=O)OCC2OC3(OC2COC(=O)C24CCCC(CC(C)C2)C4)C(C)CC2(OC(=O)C(F)(F)S(=O)(=O)O)CCCC3C2)C1. The topological polar surface area (TPSA) is 152 Å². The Bertz CT molecular complexity index is 1510. The first-order valence-corrected chi connectivity index (χ1v) is 21.4. The van der Waals surface area contributed by atoms with E-state index >= 15 is 0 Å². The molecule has 11 nitrogen and oxygen atoms in total. The first kappa shape index (κ1) is 40.5. The molecule has 6 aliphatic rings. The Morgan fingerprint density at radius 3 is 2.40 bits per heavy atom. The van der Waals surface area contributed by atoms with E-state index in [0.29, 0.717) is 30.6 Å². The lowest BCUT2D eigenvalue weighted by molar-refractivity contribution is -0.294. The van der Waals surface area contributed by atoms with E-state index in [1.165, 1.54) is 18.4 Å². The summed E-state index contributed by atoms with van der Waals surface area (Å²) < 4.78 is 90.7. The first-order chi connectivity index (χ1) is 25.0. The number of hydrogen-bond acceptors (Lipinski definition) is 10. The zero-order valence-electron chi connectivity index (χ0n) is 31.5.